The van der Waals surface area contributed by atoms with Crippen molar-refractivity contribution in [1.29, 1.82) is 0 Å². The molecule has 1 aromatic heterocycles. The maximum Gasteiger partial charge on any atom is 0.208 e. The predicted octanol–water partition coefficient (Wildman–Crippen LogP) is 2.22. The molecule has 0 fully saturated rings. The number of halogens is 2. The Labute approximate surface area is 116 Å². The molecule has 0 saturated carbocycles. The highest BCUT2D eigenvalue weighted by Crippen LogP contribution is 2.19. The first-order valence-corrected chi connectivity index (χ1v) is 7.82. The van der Waals surface area contributed by atoms with Crippen LogP contribution in [-0.4, -0.2) is 16.7 Å². The van der Waals surface area contributed by atoms with Crippen molar-refractivity contribution in [3.05, 3.63) is 40.4 Å². The fourth-order valence-electron chi connectivity index (χ4n) is 1.56. The number of benzene rings is 1. The summed E-state index contributed by atoms with van der Waals surface area (Å²) in [5.74, 6) is -0.490. The average Bonchev–Trinajstić information content (AvgIpc) is 2.28. The summed E-state index contributed by atoms with van der Waals surface area (Å²) in [7, 11) is -3.66. The molecule has 96 valence electrons. The van der Waals surface area contributed by atoms with Gasteiger partial charge in [-0.25, -0.2) is 12.8 Å². The third kappa shape index (κ3) is 2.16. The van der Waals surface area contributed by atoms with Crippen molar-refractivity contribution in [2.24, 2.45) is 0 Å². The number of nitrogens with one attached hydrogen (secondary N) is 1. The van der Waals surface area contributed by atoms with Gasteiger partial charge in [-0.2, -0.15) is 0 Å². The molecule has 0 aliphatic heterocycles. The molecule has 18 heavy (non-hydrogen) atoms. The molecule has 1 atom stereocenters. The first kappa shape index (κ1) is 13.5. The second-order valence-corrected chi connectivity index (χ2v) is 8.71. The summed E-state index contributed by atoms with van der Waals surface area (Å²) >= 11 is 1.73. The quantitative estimate of drug-likeness (QED) is 0.641. The summed E-state index contributed by atoms with van der Waals surface area (Å²) in [6.45, 7) is 1.49. The van der Waals surface area contributed by atoms with Gasteiger partial charge in [0, 0.05) is 11.6 Å². The van der Waals surface area contributed by atoms with Gasteiger partial charge < -0.3 is 4.98 Å². The van der Waals surface area contributed by atoms with Gasteiger partial charge in [0.15, 0.2) is 9.84 Å². The highest BCUT2D eigenvalue weighted by Gasteiger charge is 2.24. The SMILES string of the molecule is CC(I)S(=O)(=O)c1c[nH]c2cc(F)ccc2c1=O. The summed E-state index contributed by atoms with van der Waals surface area (Å²) < 4.78 is 36.2. The van der Waals surface area contributed by atoms with Gasteiger partial charge in [-0.05, 0) is 25.1 Å². The lowest BCUT2D eigenvalue weighted by molar-refractivity contribution is 0.595. The largest absolute Gasteiger partial charge is 0.360 e. The molecule has 1 unspecified atom stereocenters. The third-order valence-electron chi connectivity index (χ3n) is 2.54. The number of fused-ring (bicyclic) bond motifs is 1. The molecule has 2 aromatic rings. The van der Waals surface area contributed by atoms with Gasteiger partial charge >= 0.3 is 0 Å². The smallest absolute Gasteiger partial charge is 0.208 e. The van der Waals surface area contributed by atoms with E-state index in [1.54, 1.807) is 22.6 Å². The minimum absolute atomic E-state index is 0.162. The first-order valence-electron chi connectivity index (χ1n) is 5.03. The van der Waals surface area contributed by atoms with E-state index in [0.717, 1.165) is 18.3 Å². The lowest BCUT2D eigenvalue weighted by atomic mass is 10.2. The summed E-state index contributed by atoms with van der Waals surface area (Å²) in [6.07, 6.45) is 1.12. The van der Waals surface area contributed by atoms with Gasteiger partial charge in [-0.15, -0.1) is 0 Å². The number of H-pyrrole nitrogens is 1. The molecule has 2 rings (SSSR count). The summed E-state index contributed by atoms with van der Waals surface area (Å²) in [5, 5.41) is 0.162. The number of sulfone groups is 1. The van der Waals surface area contributed by atoms with Gasteiger partial charge in [0.2, 0.25) is 5.43 Å². The van der Waals surface area contributed by atoms with E-state index in [1.165, 1.54) is 13.0 Å². The third-order valence-corrected chi connectivity index (χ3v) is 6.32. The van der Waals surface area contributed by atoms with Crippen LogP contribution in [0.25, 0.3) is 10.9 Å². The van der Waals surface area contributed by atoms with Crippen LogP contribution in [0, 0.1) is 5.82 Å². The molecule has 0 saturated heterocycles. The van der Waals surface area contributed by atoms with Crippen LogP contribution < -0.4 is 5.43 Å². The van der Waals surface area contributed by atoms with E-state index in [2.05, 4.69) is 4.98 Å². The van der Waals surface area contributed by atoms with E-state index in [0.29, 0.717) is 0 Å². The molecule has 0 spiro atoms. The van der Waals surface area contributed by atoms with Crippen molar-refractivity contribution in [2.45, 2.75) is 15.1 Å². The molecule has 1 N–H and O–H groups in total. The van der Waals surface area contributed by atoms with Gasteiger partial charge in [-0.1, -0.05) is 22.6 Å². The minimum Gasteiger partial charge on any atom is -0.360 e. The predicted molar refractivity (Wildman–Crippen MR) is 75.2 cm³/mol. The van der Waals surface area contributed by atoms with Crippen molar-refractivity contribution in [3.8, 4) is 0 Å². The minimum atomic E-state index is -3.66. The van der Waals surface area contributed by atoms with Crippen LogP contribution in [0.3, 0.4) is 0 Å². The zero-order valence-corrected chi connectivity index (χ0v) is 12.2. The van der Waals surface area contributed by atoms with E-state index in [9.17, 15) is 17.6 Å². The van der Waals surface area contributed by atoms with Crippen LogP contribution >= 0.6 is 22.6 Å². The number of pyridine rings is 1. The van der Waals surface area contributed by atoms with Crippen molar-refractivity contribution < 1.29 is 12.8 Å². The van der Waals surface area contributed by atoms with Crippen molar-refractivity contribution in [2.75, 3.05) is 0 Å². The van der Waals surface area contributed by atoms with Gasteiger partial charge in [0.1, 0.15) is 14.0 Å². The molecule has 0 aliphatic rings. The second-order valence-electron chi connectivity index (χ2n) is 3.76. The standard InChI is InChI=1S/C11H9FINO3S/c1-6(13)18(16,17)10-5-14-9-4-7(12)2-3-8(9)11(10)15/h2-6H,1H3,(H,14,15). The highest BCUT2D eigenvalue weighted by molar-refractivity contribution is 14.1. The lowest BCUT2D eigenvalue weighted by Gasteiger charge is -2.06. The van der Waals surface area contributed by atoms with Crippen molar-refractivity contribution in [3.63, 3.8) is 0 Å². The molecule has 0 aliphatic carbocycles. The van der Waals surface area contributed by atoms with E-state index in [1.807, 2.05) is 0 Å². The van der Waals surface area contributed by atoms with E-state index in [4.69, 9.17) is 0 Å². The topological polar surface area (TPSA) is 67.0 Å². The highest BCUT2D eigenvalue weighted by atomic mass is 127. The second kappa shape index (κ2) is 4.61. The normalized spacial score (nSPS) is 13.7. The number of hydrogen-bond acceptors (Lipinski definition) is 3. The first-order chi connectivity index (χ1) is 8.34. The summed E-state index contributed by atoms with van der Waals surface area (Å²) in [6, 6.07) is 3.56. The number of aromatic amines is 1. The van der Waals surface area contributed by atoms with Gasteiger partial charge in [0.25, 0.3) is 0 Å². The van der Waals surface area contributed by atoms with Crippen molar-refractivity contribution >= 4 is 43.3 Å². The van der Waals surface area contributed by atoms with Gasteiger partial charge in [0.05, 0.1) is 5.52 Å². The van der Waals surface area contributed by atoms with Gasteiger partial charge in [-0.3, -0.25) is 4.79 Å². The Bertz CT molecular complexity index is 767. The van der Waals surface area contributed by atoms with Crippen LogP contribution in [0.5, 0.6) is 0 Å². The zero-order valence-electron chi connectivity index (χ0n) is 9.28. The zero-order chi connectivity index (χ0) is 13.5. The molecule has 0 amide bonds. The number of aromatic nitrogens is 1. The van der Waals surface area contributed by atoms with Crippen molar-refractivity contribution in [1.82, 2.24) is 4.98 Å². The summed E-state index contributed by atoms with van der Waals surface area (Å²) in [4.78, 5) is 14.4. The molecule has 0 radical (unpaired) electrons. The monoisotopic (exact) mass is 381 g/mol. The Kier molecular flexibility index (Phi) is 3.45. The Balaban J connectivity index is 2.82. The molecule has 7 heteroatoms. The molecule has 1 aromatic carbocycles. The van der Waals surface area contributed by atoms with E-state index in [-0.39, 0.29) is 15.8 Å². The van der Waals surface area contributed by atoms with Crippen LogP contribution in [0.15, 0.2) is 34.1 Å². The maximum atomic E-state index is 13.0. The number of rotatable bonds is 2. The average molecular weight is 381 g/mol. The maximum absolute atomic E-state index is 13.0. The molecule has 1 heterocycles. The lowest BCUT2D eigenvalue weighted by Crippen LogP contribution is -2.20. The number of alkyl halides is 1. The Morgan fingerprint density at radius 1 is 1.39 bits per heavy atom. The molecular formula is C11H9FINO3S. The van der Waals surface area contributed by atoms with E-state index >= 15 is 0 Å². The van der Waals surface area contributed by atoms with Crippen LogP contribution in [-0.2, 0) is 9.84 Å². The van der Waals surface area contributed by atoms with E-state index < -0.39 is 24.3 Å². The fraction of sp³-hybridized carbons (Fsp3) is 0.182. The molecule has 4 nitrogen and oxygen atoms in total. The van der Waals surface area contributed by atoms with Crippen LogP contribution in [0.4, 0.5) is 4.39 Å². The molecular weight excluding hydrogens is 372 g/mol. The number of hydrogen-bond donors (Lipinski definition) is 1. The Morgan fingerprint density at radius 3 is 2.67 bits per heavy atom. The van der Waals surface area contributed by atoms with Crippen LogP contribution in [0.1, 0.15) is 6.92 Å². The molecule has 0 bridgehead atoms. The fourth-order valence-corrected chi connectivity index (χ4v) is 3.33. The Hall–Kier alpha value is -0.960. The summed E-state index contributed by atoms with van der Waals surface area (Å²) in [5.41, 5.74) is -0.327. The van der Waals surface area contributed by atoms with Crippen LogP contribution in [0.2, 0.25) is 0 Å². The Morgan fingerprint density at radius 2 is 2.06 bits per heavy atom.